The van der Waals surface area contributed by atoms with Crippen molar-refractivity contribution in [3.63, 3.8) is 0 Å². The molecule has 1 aromatic heterocycles. The van der Waals surface area contributed by atoms with Crippen LogP contribution in [0.25, 0.3) is 0 Å². The van der Waals surface area contributed by atoms with Crippen molar-refractivity contribution in [2.75, 3.05) is 11.5 Å². The first-order chi connectivity index (χ1) is 6.77. The molecule has 14 heavy (non-hydrogen) atoms. The Labute approximate surface area is 85.7 Å². The molecule has 2 heterocycles. The van der Waals surface area contributed by atoms with Gasteiger partial charge in [-0.1, -0.05) is 5.16 Å². The highest BCUT2D eigenvalue weighted by atomic mass is 32.2. The number of aromatic carboxylic acids is 1. The van der Waals surface area contributed by atoms with Crippen LogP contribution in [-0.2, 0) is 6.42 Å². The molecule has 0 bridgehead atoms. The zero-order valence-electron chi connectivity index (χ0n) is 7.60. The molecule has 4 nitrogen and oxygen atoms in total. The lowest BCUT2D eigenvalue weighted by molar-refractivity contribution is 0.0694. The lowest BCUT2D eigenvalue weighted by Gasteiger charge is -2.04. The van der Waals surface area contributed by atoms with E-state index in [0.29, 0.717) is 18.1 Å². The maximum absolute atomic E-state index is 10.8. The van der Waals surface area contributed by atoms with Gasteiger partial charge in [-0.25, -0.2) is 4.79 Å². The fourth-order valence-electron chi connectivity index (χ4n) is 1.59. The summed E-state index contributed by atoms with van der Waals surface area (Å²) in [5, 5.41) is 12.3. The van der Waals surface area contributed by atoms with Gasteiger partial charge in [0.05, 0.1) is 6.20 Å². The highest BCUT2D eigenvalue weighted by Gasteiger charge is 2.22. The average Bonchev–Trinajstić information content (AvgIpc) is 2.75. The second kappa shape index (κ2) is 4.04. The molecule has 1 atom stereocenters. The largest absolute Gasteiger partial charge is 0.478 e. The van der Waals surface area contributed by atoms with Gasteiger partial charge >= 0.3 is 5.97 Å². The second-order valence-electron chi connectivity index (χ2n) is 3.40. The Hall–Kier alpha value is -0.970. The topological polar surface area (TPSA) is 63.3 Å². The van der Waals surface area contributed by atoms with Gasteiger partial charge in [-0.05, 0) is 23.8 Å². The normalized spacial score (nSPS) is 21.3. The molecule has 0 radical (unpaired) electrons. The summed E-state index contributed by atoms with van der Waals surface area (Å²) in [6.07, 6.45) is 3.12. The second-order valence-corrected chi connectivity index (χ2v) is 4.55. The van der Waals surface area contributed by atoms with Crippen LogP contribution in [0.15, 0.2) is 10.7 Å². The van der Waals surface area contributed by atoms with Gasteiger partial charge in [0.1, 0.15) is 5.56 Å². The quantitative estimate of drug-likeness (QED) is 0.827. The van der Waals surface area contributed by atoms with Crippen LogP contribution in [0.3, 0.4) is 0 Å². The number of rotatable bonds is 3. The van der Waals surface area contributed by atoms with Crippen molar-refractivity contribution in [1.82, 2.24) is 5.16 Å². The summed E-state index contributed by atoms with van der Waals surface area (Å²) in [5.41, 5.74) is 0.210. The standard InChI is InChI=1S/C9H11NO3S/c11-9(12)7-4-10-13-8(7)3-6-1-2-14-5-6/h4,6H,1-3,5H2,(H,11,12). The number of aromatic nitrogens is 1. The Balaban J connectivity index is 2.07. The number of hydrogen-bond donors (Lipinski definition) is 1. The number of carboxylic acids is 1. The predicted molar refractivity (Wildman–Crippen MR) is 52.6 cm³/mol. The Kier molecular flexibility index (Phi) is 2.77. The third-order valence-corrected chi connectivity index (χ3v) is 3.61. The molecule has 1 fully saturated rings. The van der Waals surface area contributed by atoms with Crippen molar-refractivity contribution in [2.45, 2.75) is 12.8 Å². The summed E-state index contributed by atoms with van der Waals surface area (Å²) in [7, 11) is 0. The monoisotopic (exact) mass is 213 g/mol. The predicted octanol–water partition coefficient (Wildman–Crippen LogP) is 1.67. The summed E-state index contributed by atoms with van der Waals surface area (Å²) < 4.78 is 4.95. The first-order valence-electron chi connectivity index (χ1n) is 4.52. The number of carbonyl (C=O) groups is 1. The summed E-state index contributed by atoms with van der Waals surface area (Å²) in [6, 6.07) is 0. The maximum atomic E-state index is 10.8. The van der Waals surface area contributed by atoms with Crippen LogP contribution in [0, 0.1) is 5.92 Å². The first-order valence-corrected chi connectivity index (χ1v) is 5.67. The van der Waals surface area contributed by atoms with Crippen LogP contribution < -0.4 is 0 Å². The van der Waals surface area contributed by atoms with Crippen molar-refractivity contribution in [2.24, 2.45) is 5.92 Å². The molecule has 1 N–H and O–H groups in total. The third-order valence-electron chi connectivity index (χ3n) is 2.37. The van der Waals surface area contributed by atoms with E-state index >= 15 is 0 Å². The highest BCUT2D eigenvalue weighted by molar-refractivity contribution is 7.99. The van der Waals surface area contributed by atoms with Crippen LogP contribution in [0.5, 0.6) is 0 Å². The minimum absolute atomic E-state index is 0.210. The van der Waals surface area contributed by atoms with Crippen molar-refractivity contribution < 1.29 is 14.4 Å². The third kappa shape index (κ3) is 1.92. The molecule has 1 aromatic rings. The number of nitrogens with zero attached hydrogens (tertiary/aromatic N) is 1. The summed E-state index contributed by atoms with van der Waals surface area (Å²) >= 11 is 1.91. The molecule has 76 valence electrons. The molecule has 0 aromatic carbocycles. The van der Waals surface area contributed by atoms with E-state index in [-0.39, 0.29) is 5.56 Å². The molecule has 0 amide bonds. The molecule has 1 aliphatic rings. The fraction of sp³-hybridized carbons (Fsp3) is 0.556. The van der Waals surface area contributed by atoms with E-state index in [1.807, 2.05) is 11.8 Å². The lowest BCUT2D eigenvalue weighted by Crippen LogP contribution is -2.06. The number of thioether (sulfide) groups is 1. The van der Waals surface area contributed by atoms with E-state index in [1.165, 1.54) is 11.9 Å². The molecule has 1 aliphatic heterocycles. The van der Waals surface area contributed by atoms with Crippen LogP contribution in [0.1, 0.15) is 22.5 Å². The van der Waals surface area contributed by atoms with Crippen LogP contribution in [0.2, 0.25) is 0 Å². The number of carboxylic acid groups (broad SMARTS) is 1. The van der Waals surface area contributed by atoms with E-state index in [1.54, 1.807) is 0 Å². The van der Waals surface area contributed by atoms with E-state index in [0.717, 1.165) is 12.2 Å². The average molecular weight is 213 g/mol. The van der Waals surface area contributed by atoms with E-state index < -0.39 is 5.97 Å². The summed E-state index contributed by atoms with van der Waals surface area (Å²) in [4.78, 5) is 10.8. The van der Waals surface area contributed by atoms with Crippen molar-refractivity contribution in [3.05, 3.63) is 17.5 Å². The minimum Gasteiger partial charge on any atom is -0.478 e. The molecule has 5 heteroatoms. The summed E-state index contributed by atoms with van der Waals surface area (Å²) in [6.45, 7) is 0. The smallest absolute Gasteiger partial charge is 0.340 e. The molecule has 1 unspecified atom stereocenters. The van der Waals surface area contributed by atoms with Crippen molar-refractivity contribution in [3.8, 4) is 0 Å². The Morgan fingerprint density at radius 3 is 3.29 bits per heavy atom. The van der Waals surface area contributed by atoms with Crippen LogP contribution >= 0.6 is 11.8 Å². The van der Waals surface area contributed by atoms with Crippen LogP contribution in [0.4, 0.5) is 0 Å². The molecular formula is C9H11NO3S. The Morgan fingerprint density at radius 1 is 1.79 bits per heavy atom. The Morgan fingerprint density at radius 2 is 2.64 bits per heavy atom. The molecule has 0 spiro atoms. The molecule has 0 aliphatic carbocycles. The van der Waals surface area contributed by atoms with E-state index in [4.69, 9.17) is 9.63 Å². The van der Waals surface area contributed by atoms with Gasteiger partial charge in [-0.15, -0.1) is 0 Å². The van der Waals surface area contributed by atoms with Gasteiger partial charge in [-0.3, -0.25) is 0 Å². The number of hydrogen-bond acceptors (Lipinski definition) is 4. The Bertz CT molecular complexity index is 331. The summed E-state index contributed by atoms with van der Waals surface area (Å²) in [5.74, 6) is 2.38. The zero-order valence-corrected chi connectivity index (χ0v) is 8.42. The maximum Gasteiger partial charge on any atom is 0.340 e. The van der Waals surface area contributed by atoms with Crippen molar-refractivity contribution in [1.29, 1.82) is 0 Å². The highest BCUT2D eigenvalue weighted by Crippen LogP contribution is 2.27. The lowest BCUT2D eigenvalue weighted by atomic mass is 10.0. The van der Waals surface area contributed by atoms with Crippen LogP contribution in [-0.4, -0.2) is 27.7 Å². The van der Waals surface area contributed by atoms with Gasteiger partial charge < -0.3 is 9.63 Å². The van der Waals surface area contributed by atoms with Gasteiger partial charge in [-0.2, -0.15) is 11.8 Å². The van der Waals surface area contributed by atoms with Gasteiger partial charge in [0.15, 0.2) is 5.76 Å². The SMILES string of the molecule is O=C(O)c1cnoc1CC1CCSC1. The van der Waals surface area contributed by atoms with E-state index in [2.05, 4.69) is 5.16 Å². The molecule has 0 saturated carbocycles. The molecule has 1 saturated heterocycles. The zero-order chi connectivity index (χ0) is 9.97. The van der Waals surface area contributed by atoms with Gasteiger partial charge in [0, 0.05) is 6.42 Å². The minimum atomic E-state index is -0.952. The molecular weight excluding hydrogens is 202 g/mol. The van der Waals surface area contributed by atoms with Gasteiger partial charge in [0.2, 0.25) is 0 Å². The fourth-order valence-corrected chi connectivity index (χ4v) is 2.88. The van der Waals surface area contributed by atoms with Crippen molar-refractivity contribution >= 4 is 17.7 Å². The van der Waals surface area contributed by atoms with E-state index in [9.17, 15) is 4.79 Å². The van der Waals surface area contributed by atoms with Gasteiger partial charge in [0.25, 0.3) is 0 Å². The molecule has 2 rings (SSSR count). The first kappa shape index (κ1) is 9.58.